The highest BCUT2D eigenvalue weighted by Crippen LogP contribution is 2.21. The van der Waals surface area contributed by atoms with Gasteiger partial charge in [0.2, 0.25) is 4.77 Å². The molecule has 1 aromatic heterocycles. The maximum Gasteiger partial charge on any atom is 0.213 e. The van der Waals surface area contributed by atoms with Crippen LogP contribution in [0.4, 0.5) is 0 Å². The average molecular weight is 263 g/mol. The van der Waals surface area contributed by atoms with E-state index in [1.165, 1.54) is 5.56 Å². The Hall–Kier alpha value is -1.62. The fourth-order valence-corrected chi connectivity index (χ4v) is 2.03. The molecule has 96 valence electrons. The van der Waals surface area contributed by atoms with Crippen LogP contribution in [-0.4, -0.2) is 21.8 Å². The Balaban J connectivity index is 2.04. The Kier molecular flexibility index (Phi) is 4.15. The zero-order valence-electron chi connectivity index (χ0n) is 10.6. The molecule has 0 bridgehead atoms. The molecule has 0 spiro atoms. The molecule has 0 aliphatic heterocycles. The Labute approximate surface area is 111 Å². The van der Waals surface area contributed by atoms with Gasteiger partial charge in [0.1, 0.15) is 11.6 Å². The van der Waals surface area contributed by atoms with Gasteiger partial charge < -0.3 is 4.74 Å². The maximum absolute atomic E-state index is 5.42. The van der Waals surface area contributed by atoms with Crippen LogP contribution in [0.15, 0.2) is 24.3 Å². The second kappa shape index (κ2) is 5.82. The topological polar surface area (TPSA) is 53.7 Å². The molecule has 1 atom stereocenters. The van der Waals surface area contributed by atoms with Gasteiger partial charge in [0.15, 0.2) is 0 Å². The fourth-order valence-electron chi connectivity index (χ4n) is 1.87. The minimum absolute atomic E-state index is 0.384. The van der Waals surface area contributed by atoms with Crippen molar-refractivity contribution in [3.8, 4) is 5.75 Å². The smallest absolute Gasteiger partial charge is 0.213 e. The van der Waals surface area contributed by atoms with Gasteiger partial charge in [-0.2, -0.15) is 0 Å². The van der Waals surface area contributed by atoms with Crippen LogP contribution in [0.25, 0.3) is 0 Å². The van der Waals surface area contributed by atoms with Crippen molar-refractivity contribution in [2.24, 2.45) is 0 Å². The quantitative estimate of drug-likeness (QED) is 0.814. The van der Waals surface area contributed by atoms with Crippen LogP contribution >= 0.6 is 12.2 Å². The number of nitrogens with zero attached hydrogens (tertiary/aromatic N) is 1. The molecular weight excluding hydrogens is 246 g/mol. The lowest BCUT2D eigenvalue weighted by Crippen LogP contribution is -2.00. The number of nitrogens with one attached hydrogen (secondary N) is 2. The Bertz CT molecular complexity index is 544. The zero-order valence-corrected chi connectivity index (χ0v) is 11.4. The maximum atomic E-state index is 5.42. The summed E-state index contributed by atoms with van der Waals surface area (Å²) >= 11 is 4.93. The van der Waals surface area contributed by atoms with E-state index in [9.17, 15) is 0 Å². The van der Waals surface area contributed by atoms with E-state index in [1.54, 1.807) is 0 Å². The van der Waals surface area contributed by atoms with E-state index in [2.05, 4.69) is 34.2 Å². The monoisotopic (exact) mass is 263 g/mol. The molecule has 0 radical (unpaired) electrons. The summed E-state index contributed by atoms with van der Waals surface area (Å²) < 4.78 is 5.93. The highest BCUT2D eigenvalue weighted by Gasteiger charge is 2.08. The van der Waals surface area contributed by atoms with Gasteiger partial charge in [0, 0.05) is 6.42 Å². The van der Waals surface area contributed by atoms with Gasteiger partial charge in [0.05, 0.1) is 6.61 Å². The summed E-state index contributed by atoms with van der Waals surface area (Å²) in [7, 11) is 0. The normalized spacial score (nSPS) is 12.3. The molecular formula is C13H17N3OS. The van der Waals surface area contributed by atoms with Gasteiger partial charge in [-0.05, 0) is 42.8 Å². The first-order chi connectivity index (χ1) is 8.69. The SMILES string of the molecule is CCOc1ccc(C(C)Cc2nc(=S)[nH][nH]2)cc1. The molecule has 2 rings (SSSR count). The van der Waals surface area contributed by atoms with Crippen molar-refractivity contribution >= 4 is 12.2 Å². The summed E-state index contributed by atoms with van der Waals surface area (Å²) in [6.45, 7) is 4.84. The van der Waals surface area contributed by atoms with Gasteiger partial charge in [-0.1, -0.05) is 19.1 Å². The first kappa shape index (κ1) is 12.8. The van der Waals surface area contributed by atoms with Crippen LogP contribution in [0.3, 0.4) is 0 Å². The van der Waals surface area contributed by atoms with Crippen molar-refractivity contribution in [1.29, 1.82) is 0 Å². The Morgan fingerprint density at radius 1 is 1.28 bits per heavy atom. The van der Waals surface area contributed by atoms with Crippen molar-refractivity contribution in [2.75, 3.05) is 6.61 Å². The molecule has 5 heteroatoms. The number of aromatic nitrogens is 3. The largest absolute Gasteiger partial charge is 0.494 e. The van der Waals surface area contributed by atoms with Crippen LogP contribution in [0.1, 0.15) is 31.2 Å². The van der Waals surface area contributed by atoms with Crippen molar-refractivity contribution < 1.29 is 4.74 Å². The molecule has 18 heavy (non-hydrogen) atoms. The second-order valence-electron chi connectivity index (χ2n) is 4.22. The molecule has 1 unspecified atom stereocenters. The summed E-state index contributed by atoms with van der Waals surface area (Å²) in [5.74, 6) is 2.18. The third-order valence-electron chi connectivity index (χ3n) is 2.81. The lowest BCUT2D eigenvalue weighted by Gasteiger charge is -2.11. The number of aromatic amines is 2. The number of rotatable bonds is 5. The summed E-state index contributed by atoms with van der Waals surface area (Å²) in [6, 6.07) is 8.19. The molecule has 0 amide bonds. The van der Waals surface area contributed by atoms with E-state index in [4.69, 9.17) is 17.0 Å². The lowest BCUT2D eigenvalue weighted by atomic mass is 9.97. The first-order valence-electron chi connectivity index (χ1n) is 6.05. The molecule has 0 saturated heterocycles. The van der Waals surface area contributed by atoms with Crippen LogP contribution in [-0.2, 0) is 6.42 Å². The van der Waals surface area contributed by atoms with Gasteiger partial charge in [-0.15, -0.1) is 0 Å². The summed E-state index contributed by atoms with van der Waals surface area (Å²) in [6.07, 6.45) is 0.834. The van der Waals surface area contributed by atoms with Crippen LogP contribution in [0, 0.1) is 4.77 Å². The van der Waals surface area contributed by atoms with E-state index in [0.717, 1.165) is 18.0 Å². The zero-order chi connectivity index (χ0) is 13.0. The number of benzene rings is 1. The second-order valence-corrected chi connectivity index (χ2v) is 4.61. The molecule has 2 N–H and O–H groups in total. The van der Waals surface area contributed by atoms with Gasteiger partial charge >= 0.3 is 0 Å². The van der Waals surface area contributed by atoms with Gasteiger partial charge in [-0.3, -0.25) is 10.2 Å². The average Bonchev–Trinajstić information content (AvgIpc) is 2.76. The molecule has 0 saturated carbocycles. The molecule has 0 aliphatic carbocycles. The minimum atomic E-state index is 0.384. The number of H-pyrrole nitrogens is 2. The van der Waals surface area contributed by atoms with Crippen LogP contribution in [0.2, 0.25) is 0 Å². The van der Waals surface area contributed by atoms with E-state index in [-0.39, 0.29) is 0 Å². The van der Waals surface area contributed by atoms with Crippen molar-refractivity contribution in [3.05, 3.63) is 40.4 Å². The predicted molar refractivity (Wildman–Crippen MR) is 73.5 cm³/mol. The van der Waals surface area contributed by atoms with E-state index in [0.29, 0.717) is 17.3 Å². The molecule has 0 fully saturated rings. The number of hydrogen-bond acceptors (Lipinski definition) is 3. The third kappa shape index (κ3) is 3.20. The van der Waals surface area contributed by atoms with Gasteiger partial charge in [0.25, 0.3) is 0 Å². The van der Waals surface area contributed by atoms with Gasteiger partial charge in [-0.25, -0.2) is 4.98 Å². The Morgan fingerprint density at radius 2 is 2.00 bits per heavy atom. The van der Waals surface area contributed by atoms with Crippen molar-refractivity contribution in [3.63, 3.8) is 0 Å². The minimum Gasteiger partial charge on any atom is -0.494 e. The fraction of sp³-hybridized carbons (Fsp3) is 0.385. The molecule has 4 nitrogen and oxygen atoms in total. The van der Waals surface area contributed by atoms with Crippen molar-refractivity contribution in [1.82, 2.24) is 15.2 Å². The molecule has 1 heterocycles. The third-order valence-corrected chi connectivity index (χ3v) is 3.00. The Morgan fingerprint density at radius 3 is 2.56 bits per heavy atom. The van der Waals surface area contributed by atoms with Crippen molar-refractivity contribution in [2.45, 2.75) is 26.2 Å². The van der Waals surface area contributed by atoms with E-state index >= 15 is 0 Å². The first-order valence-corrected chi connectivity index (χ1v) is 6.46. The predicted octanol–water partition coefficient (Wildman–Crippen LogP) is 3.21. The van der Waals surface area contributed by atoms with E-state index in [1.807, 2.05) is 19.1 Å². The number of ether oxygens (including phenoxy) is 1. The molecule has 2 aromatic rings. The van der Waals surface area contributed by atoms with Crippen LogP contribution < -0.4 is 4.74 Å². The summed E-state index contributed by atoms with van der Waals surface area (Å²) in [5.41, 5.74) is 1.26. The summed E-state index contributed by atoms with van der Waals surface area (Å²) in [5, 5.41) is 5.78. The van der Waals surface area contributed by atoms with Crippen LogP contribution in [0.5, 0.6) is 5.75 Å². The highest BCUT2D eigenvalue weighted by atomic mass is 32.1. The highest BCUT2D eigenvalue weighted by molar-refractivity contribution is 7.71. The molecule has 1 aromatic carbocycles. The lowest BCUT2D eigenvalue weighted by molar-refractivity contribution is 0.340. The molecule has 0 aliphatic rings. The standard InChI is InChI=1S/C13H17N3OS/c1-3-17-11-6-4-10(5-7-11)9(2)8-12-14-13(18)16-15-12/h4-7,9H,3,8H2,1-2H3,(H2,14,15,16,18). The van der Waals surface area contributed by atoms with E-state index < -0.39 is 0 Å². The number of hydrogen-bond donors (Lipinski definition) is 2. The summed E-state index contributed by atoms with van der Waals surface area (Å²) in [4.78, 5) is 4.20.